The van der Waals surface area contributed by atoms with Gasteiger partial charge in [-0.25, -0.2) is 15.6 Å². The molecule has 0 fully saturated rings. The van der Waals surface area contributed by atoms with Crippen molar-refractivity contribution in [2.75, 3.05) is 6.61 Å². The number of rotatable bonds is 11. The fraction of sp³-hybridized carbons (Fsp3) is 0.250. The van der Waals surface area contributed by atoms with E-state index in [0.717, 1.165) is 40.0 Å². The molecule has 63 heavy (non-hydrogen) atoms. The van der Waals surface area contributed by atoms with Crippen LogP contribution in [0.4, 0.5) is 31.1 Å². The number of carbonyl (C=O) groups excluding carboxylic acids is 3. The maximum atomic E-state index is 15.1. The first-order valence-corrected chi connectivity index (χ1v) is 19.2. The van der Waals surface area contributed by atoms with E-state index in [4.69, 9.17) is 10.5 Å². The Morgan fingerprint density at radius 1 is 0.714 bits per heavy atom. The summed E-state index contributed by atoms with van der Waals surface area (Å²) in [6, 6.07) is 13.6. The molecule has 0 unspecified atom stereocenters. The SMILES string of the molecule is CCOC(=O)CC(=O)NN=C(C)c1c(O)n(-c2cc(C)cc(Cc3cc4c(C(C)=NNC(N)=O)c(O)n(-c5cc(C)cc(C)c5)c4cc3C(F)(F)F)c2)c2cc(C(F)(F)F)ccc12. The molecule has 0 radical (unpaired) electrons. The molecular formula is C44H41F6N7O6. The molecule has 6 N–H and O–H groups in total. The Balaban J connectivity index is 1.54. The molecule has 13 nitrogen and oxygen atoms in total. The molecule has 2 aromatic heterocycles. The highest BCUT2D eigenvalue weighted by Crippen LogP contribution is 2.43. The number of primary amides is 1. The van der Waals surface area contributed by atoms with Crippen LogP contribution < -0.4 is 16.6 Å². The molecule has 0 aliphatic rings. The van der Waals surface area contributed by atoms with Crippen LogP contribution in [0.3, 0.4) is 0 Å². The lowest BCUT2D eigenvalue weighted by Gasteiger charge is -2.17. The van der Waals surface area contributed by atoms with Crippen molar-refractivity contribution in [1.29, 1.82) is 0 Å². The van der Waals surface area contributed by atoms with Crippen LogP contribution in [0, 0.1) is 20.8 Å². The Bertz CT molecular complexity index is 2870. The van der Waals surface area contributed by atoms with E-state index in [0.29, 0.717) is 11.3 Å². The molecule has 6 rings (SSSR count). The van der Waals surface area contributed by atoms with Gasteiger partial charge < -0.3 is 20.7 Å². The summed E-state index contributed by atoms with van der Waals surface area (Å²) in [7, 11) is 0. The average molecular weight is 878 g/mol. The largest absolute Gasteiger partial charge is 0.494 e. The van der Waals surface area contributed by atoms with Crippen molar-refractivity contribution in [3.05, 3.63) is 117 Å². The van der Waals surface area contributed by atoms with Crippen molar-refractivity contribution in [2.24, 2.45) is 15.9 Å². The van der Waals surface area contributed by atoms with Gasteiger partial charge in [0.25, 0.3) is 5.91 Å². The second-order valence-corrected chi connectivity index (χ2v) is 14.9. The van der Waals surface area contributed by atoms with Crippen LogP contribution in [0.1, 0.15) is 77.3 Å². The second kappa shape index (κ2) is 17.2. The highest BCUT2D eigenvalue weighted by atomic mass is 19.4. The minimum absolute atomic E-state index is 0.00339. The Hall–Kier alpha value is -7.31. The third kappa shape index (κ3) is 9.46. The molecule has 6 aromatic rings. The molecule has 19 heteroatoms. The number of aromatic hydroxyl groups is 2. The number of nitrogens with one attached hydrogen (secondary N) is 2. The summed E-state index contributed by atoms with van der Waals surface area (Å²) >= 11 is 0. The topological polar surface area (TPSA) is 186 Å². The van der Waals surface area contributed by atoms with Crippen LogP contribution in [0.15, 0.2) is 76.9 Å². The monoisotopic (exact) mass is 877 g/mol. The smallest absolute Gasteiger partial charge is 0.416 e. The Morgan fingerprint density at radius 2 is 1.25 bits per heavy atom. The number of amides is 3. The number of hydrogen-bond donors (Lipinski definition) is 5. The lowest BCUT2D eigenvalue weighted by Crippen LogP contribution is -2.25. The minimum atomic E-state index is -4.93. The molecule has 0 saturated heterocycles. The zero-order chi connectivity index (χ0) is 46.3. The minimum Gasteiger partial charge on any atom is -0.494 e. The second-order valence-electron chi connectivity index (χ2n) is 14.9. The molecule has 2 heterocycles. The van der Waals surface area contributed by atoms with Crippen LogP contribution in [0.2, 0.25) is 0 Å². The summed E-state index contributed by atoms with van der Waals surface area (Å²) in [4.78, 5) is 35.7. The van der Waals surface area contributed by atoms with Gasteiger partial charge in [-0.3, -0.25) is 18.7 Å². The number of benzene rings is 4. The molecule has 4 aromatic carbocycles. The van der Waals surface area contributed by atoms with Crippen LogP contribution in [-0.2, 0) is 33.1 Å². The van der Waals surface area contributed by atoms with Gasteiger partial charge in [0, 0.05) is 22.1 Å². The highest BCUT2D eigenvalue weighted by Gasteiger charge is 2.36. The highest BCUT2D eigenvalue weighted by molar-refractivity contribution is 6.14. The number of halogens is 6. The number of hydrogen-bond acceptors (Lipinski definition) is 8. The fourth-order valence-corrected chi connectivity index (χ4v) is 7.61. The summed E-state index contributed by atoms with van der Waals surface area (Å²) in [5.41, 5.74) is 9.47. The maximum Gasteiger partial charge on any atom is 0.416 e. The van der Waals surface area contributed by atoms with Crippen molar-refractivity contribution >= 4 is 51.1 Å². The molecule has 3 amide bonds. The van der Waals surface area contributed by atoms with Gasteiger partial charge >= 0.3 is 24.4 Å². The van der Waals surface area contributed by atoms with E-state index in [2.05, 4.69) is 21.1 Å². The van der Waals surface area contributed by atoms with E-state index in [1.54, 1.807) is 45.9 Å². The molecular weight excluding hydrogens is 837 g/mol. The molecule has 330 valence electrons. The van der Waals surface area contributed by atoms with Crippen LogP contribution in [-0.4, -0.2) is 55.3 Å². The number of nitrogens with two attached hydrogens (primary N) is 1. The van der Waals surface area contributed by atoms with Crippen molar-refractivity contribution in [3.8, 4) is 23.1 Å². The van der Waals surface area contributed by atoms with E-state index < -0.39 is 66.0 Å². The Morgan fingerprint density at radius 3 is 1.81 bits per heavy atom. The van der Waals surface area contributed by atoms with E-state index >= 15 is 13.2 Å². The van der Waals surface area contributed by atoms with Crippen molar-refractivity contribution < 1.29 is 55.7 Å². The molecule has 0 spiro atoms. The summed E-state index contributed by atoms with van der Waals surface area (Å²) in [5, 5.41) is 31.6. The predicted molar refractivity (Wildman–Crippen MR) is 223 cm³/mol. The van der Waals surface area contributed by atoms with Gasteiger partial charge in [0.2, 0.25) is 11.8 Å². The number of nitrogens with zero attached hydrogens (tertiary/aromatic N) is 4. The summed E-state index contributed by atoms with van der Waals surface area (Å²) in [5.74, 6) is -2.75. The fourth-order valence-electron chi connectivity index (χ4n) is 7.61. The standard InChI is InChI=1S/C44H41F6N7O6/c1-7-63-37(59)20-36(58)54-52-24(5)38-31-9-8-28(43(45,46)47)18-34(31)57(40(38)60)30-14-23(4)11-26(16-30)15-27-17-32-35(19-33(27)44(48,49)50)56(29-12-21(2)10-22(3)13-29)41(61)39(32)25(6)53-55-42(51)62/h8-14,16-19,60-61H,7,15,20H2,1-6H3,(H,54,58)(H3,51,55,62). The maximum absolute atomic E-state index is 15.1. The number of aromatic nitrogens is 2. The third-order valence-corrected chi connectivity index (χ3v) is 10.00. The normalized spacial score (nSPS) is 12.6. The van der Waals surface area contributed by atoms with Crippen LogP contribution in [0.5, 0.6) is 11.8 Å². The molecule has 0 bridgehead atoms. The first-order chi connectivity index (χ1) is 29.5. The van der Waals surface area contributed by atoms with Gasteiger partial charge in [-0.1, -0.05) is 18.2 Å². The number of carbonyl (C=O) groups is 3. The van der Waals surface area contributed by atoms with E-state index in [1.807, 2.05) is 6.07 Å². The van der Waals surface area contributed by atoms with Gasteiger partial charge in [-0.2, -0.15) is 36.5 Å². The average Bonchev–Trinajstić information content (AvgIpc) is 3.62. The van der Waals surface area contributed by atoms with Gasteiger partial charge in [-0.15, -0.1) is 0 Å². The predicted octanol–water partition coefficient (Wildman–Crippen LogP) is 8.72. The number of ether oxygens (including phenoxy) is 1. The van der Waals surface area contributed by atoms with Gasteiger partial charge in [0.1, 0.15) is 6.42 Å². The lowest BCUT2D eigenvalue weighted by atomic mass is 9.95. The first kappa shape index (κ1) is 45.2. The molecule has 0 aliphatic heterocycles. The number of hydrazone groups is 2. The first-order valence-electron chi connectivity index (χ1n) is 19.2. The quantitative estimate of drug-likeness (QED) is 0.0285. The van der Waals surface area contributed by atoms with Crippen molar-refractivity contribution in [1.82, 2.24) is 20.0 Å². The Labute approximate surface area is 355 Å². The lowest BCUT2D eigenvalue weighted by molar-refractivity contribution is -0.146. The zero-order valence-corrected chi connectivity index (χ0v) is 34.6. The molecule has 0 atom stereocenters. The Kier molecular flexibility index (Phi) is 12.4. The van der Waals surface area contributed by atoms with Crippen molar-refractivity contribution in [3.63, 3.8) is 0 Å². The third-order valence-electron chi connectivity index (χ3n) is 10.00. The number of esters is 1. The van der Waals surface area contributed by atoms with Gasteiger partial charge in [0.15, 0.2) is 0 Å². The van der Waals surface area contributed by atoms with E-state index in [-0.39, 0.29) is 67.8 Å². The van der Waals surface area contributed by atoms with E-state index in [9.17, 15) is 37.8 Å². The summed E-state index contributed by atoms with van der Waals surface area (Å²) in [6.45, 7) is 9.57. The van der Waals surface area contributed by atoms with Crippen LogP contribution >= 0.6 is 0 Å². The van der Waals surface area contributed by atoms with Gasteiger partial charge in [-0.05, 0) is 124 Å². The molecule has 0 saturated carbocycles. The number of fused-ring (bicyclic) bond motifs is 2. The van der Waals surface area contributed by atoms with E-state index in [1.165, 1.54) is 36.6 Å². The van der Waals surface area contributed by atoms with Gasteiger partial charge in [0.05, 0.1) is 51.3 Å². The van der Waals surface area contributed by atoms with Crippen LogP contribution in [0.25, 0.3) is 33.2 Å². The molecule has 0 aliphatic carbocycles. The summed E-state index contributed by atoms with van der Waals surface area (Å²) in [6.07, 6.45) is -10.8. The number of alkyl halides is 6. The summed E-state index contributed by atoms with van der Waals surface area (Å²) < 4.78 is 94.8. The van der Waals surface area contributed by atoms with Crippen molar-refractivity contribution in [2.45, 2.75) is 66.7 Å². The zero-order valence-electron chi connectivity index (χ0n) is 34.6. The number of urea groups is 1. The number of aryl methyl sites for hydroxylation is 3.